The summed E-state index contributed by atoms with van der Waals surface area (Å²) in [6, 6.07) is 0. The van der Waals surface area contributed by atoms with E-state index in [1.54, 1.807) is 0 Å². The molecule has 0 unspecified atom stereocenters. The average molecular weight is 619 g/mol. The molecule has 0 saturated carbocycles. The molecule has 0 amide bonds. The quantitative estimate of drug-likeness (QED) is 0.0409. The highest BCUT2D eigenvalue weighted by Gasteiger charge is 2.15. The summed E-state index contributed by atoms with van der Waals surface area (Å²) in [7, 11) is 0. The van der Waals surface area contributed by atoms with Crippen LogP contribution in [0.5, 0.6) is 0 Å². The van der Waals surface area contributed by atoms with Crippen molar-refractivity contribution in [2.75, 3.05) is 6.61 Å². The number of carbonyl (C=O) groups is 2. The van der Waals surface area contributed by atoms with Crippen LogP contribution in [0.15, 0.2) is 24.3 Å². The van der Waals surface area contributed by atoms with Crippen LogP contribution in [-0.4, -0.2) is 24.6 Å². The second-order valence-electron chi connectivity index (χ2n) is 12.9. The highest BCUT2D eigenvalue weighted by atomic mass is 16.6. The van der Waals surface area contributed by atoms with E-state index in [0.29, 0.717) is 19.3 Å². The van der Waals surface area contributed by atoms with Crippen molar-refractivity contribution in [3.05, 3.63) is 24.3 Å². The molecule has 0 heterocycles. The van der Waals surface area contributed by atoms with Gasteiger partial charge in [-0.15, -0.1) is 0 Å². The molecule has 4 heteroatoms. The molecule has 0 spiro atoms. The minimum absolute atomic E-state index is 0.164. The Hall–Kier alpha value is -1.58. The predicted molar refractivity (Wildman–Crippen MR) is 190 cm³/mol. The number of esters is 2. The molecule has 0 aromatic carbocycles. The molecule has 0 aliphatic carbocycles. The van der Waals surface area contributed by atoms with Crippen LogP contribution in [0.2, 0.25) is 0 Å². The fourth-order valence-corrected chi connectivity index (χ4v) is 5.42. The first kappa shape index (κ1) is 42.4. The molecule has 0 aromatic rings. The molecule has 1 atom stereocenters. The van der Waals surface area contributed by atoms with Crippen LogP contribution in [0.1, 0.15) is 207 Å². The fourth-order valence-electron chi connectivity index (χ4n) is 5.42. The van der Waals surface area contributed by atoms with Gasteiger partial charge in [-0.2, -0.15) is 0 Å². The summed E-state index contributed by atoms with van der Waals surface area (Å²) in [6.07, 6.45) is 43.0. The summed E-state index contributed by atoms with van der Waals surface area (Å²) in [6.45, 7) is 6.68. The highest BCUT2D eigenvalue weighted by Crippen LogP contribution is 2.13. The number of ether oxygens (including phenoxy) is 2. The molecule has 0 bridgehead atoms. The van der Waals surface area contributed by atoms with E-state index in [2.05, 4.69) is 38.2 Å². The lowest BCUT2D eigenvalue weighted by Gasteiger charge is -2.16. The van der Waals surface area contributed by atoms with E-state index in [0.717, 1.165) is 25.7 Å². The molecule has 44 heavy (non-hydrogen) atoms. The second kappa shape index (κ2) is 35.9. The van der Waals surface area contributed by atoms with Crippen LogP contribution in [0.3, 0.4) is 0 Å². The Morgan fingerprint density at radius 2 is 0.795 bits per heavy atom. The zero-order valence-electron chi connectivity index (χ0n) is 29.7. The van der Waals surface area contributed by atoms with Crippen molar-refractivity contribution in [1.29, 1.82) is 0 Å². The van der Waals surface area contributed by atoms with Gasteiger partial charge in [-0.1, -0.05) is 148 Å². The second-order valence-corrected chi connectivity index (χ2v) is 12.9. The lowest BCUT2D eigenvalue weighted by molar-refractivity contribution is -0.159. The van der Waals surface area contributed by atoms with Crippen molar-refractivity contribution in [1.82, 2.24) is 0 Å². The molecule has 0 fully saturated rings. The average Bonchev–Trinajstić information content (AvgIpc) is 3.02. The van der Waals surface area contributed by atoms with E-state index < -0.39 is 0 Å². The summed E-state index contributed by atoms with van der Waals surface area (Å²) in [4.78, 5) is 24.4. The number of rotatable bonds is 34. The standard InChI is InChI=1S/C40H74O4/c1-4-7-9-11-13-15-17-19-21-23-25-27-29-31-33-35-39(41)43-37-38(6-3)44-40(42)36-34-32-30-28-26-24-22-20-18-16-14-12-10-8-5-2/h19-22,38H,4-18,23-37H2,1-3H3/b21-19-,22-20-/t38-/m0/s1. The van der Waals surface area contributed by atoms with E-state index in [9.17, 15) is 9.59 Å². The maximum atomic E-state index is 12.2. The Morgan fingerprint density at radius 3 is 1.18 bits per heavy atom. The van der Waals surface area contributed by atoms with Crippen LogP contribution < -0.4 is 0 Å². The molecule has 0 rings (SSSR count). The lowest BCUT2D eigenvalue weighted by Crippen LogP contribution is -2.24. The molecular formula is C40H74O4. The minimum atomic E-state index is -0.330. The number of hydrogen-bond acceptors (Lipinski definition) is 4. The minimum Gasteiger partial charge on any atom is -0.462 e. The largest absolute Gasteiger partial charge is 0.462 e. The fraction of sp³-hybridized carbons (Fsp3) is 0.850. The van der Waals surface area contributed by atoms with Crippen LogP contribution in [0, 0.1) is 0 Å². The SMILES string of the molecule is CCCCCCCC/C=C\CCCCCCCC(=O)OC[C@H](CC)OC(=O)CCCCCCC/C=C\CCCCCCCC. The predicted octanol–water partition coefficient (Wildman–Crippen LogP) is 12.9. The Morgan fingerprint density at radius 1 is 0.455 bits per heavy atom. The van der Waals surface area contributed by atoms with Gasteiger partial charge < -0.3 is 9.47 Å². The zero-order chi connectivity index (χ0) is 32.2. The molecule has 0 aromatic heterocycles. The van der Waals surface area contributed by atoms with Gasteiger partial charge in [0.25, 0.3) is 0 Å². The molecule has 258 valence electrons. The maximum absolute atomic E-state index is 12.2. The summed E-state index contributed by atoms with van der Waals surface area (Å²) >= 11 is 0. The first-order valence-electron chi connectivity index (χ1n) is 19.3. The molecule has 0 N–H and O–H groups in total. The smallest absolute Gasteiger partial charge is 0.306 e. The zero-order valence-corrected chi connectivity index (χ0v) is 29.7. The third-order valence-corrected chi connectivity index (χ3v) is 8.47. The first-order valence-corrected chi connectivity index (χ1v) is 19.3. The maximum Gasteiger partial charge on any atom is 0.306 e. The van der Waals surface area contributed by atoms with Crippen molar-refractivity contribution in [3.63, 3.8) is 0 Å². The summed E-state index contributed by atoms with van der Waals surface area (Å²) in [5.74, 6) is -0.336. The Kier molecular flexibility index (Phi) is 34.6. The van der Waals surface area contributed by atoms with Crippen molar-refractivity contribution in [2.24, 2.45) is 0 Å². The van der Waals surface area contributed by atoms with Crippen LogP contribution in [0.4, 0.5) is 0 Å². The van der Waals surface area contributed by atoms with Crippen LogP contribution >= 0.6 is 0 Å². The van der Waals surface area contributed by atoms with Gasteiger partial charge in [-0.25, -0.2) is 0 Å². The van der Waals surface area contributed by atoms with Gasteiger partial charge >= 0.3 is 11.9 Å². The summed E-state index contributed by atoms with van der Waals surface area (Å²) in [5.41, 5.74) is 0. The van der Waals surface area contributed by atoms with Crippen molar-refractivity contribution >= 4 is 11.9 Å². The number of carbonyl (C=O) groups excluding carboxylic acids is 2. The molecule has 0 radical (unpaired) electrons. The monoisotopic (exact) mass is 619 g/mol. The summed E-state index contributed by atoms with van der Waals surface area (Å²) < 4.78 is 11.0. The van der Waals surface area contributed by atoms with E-state index in [4.69, 9.17) is 9.47 Å². The van der Waals surface area contributed by atoms with E-state index in [1.807, 2.05) is 6.92 Å². The van der Waals surface area contributed by atoms with Crippen molar-refractivity contribution in [2.45, 2.75) is 213 Å². The van der Waals surface area contributed by atoms with Gasteiger partial charge in [0, 0.05) is 12.8 Å². The van der Waals surface area contributed by atoms with Gasteiger partial charge in [-0.05, 0) is 70.6 Å². The molecule has 0 aliphatic rings. The number of unbranched alkanes of at least 4 members (excludes halogenated alkanes) is 22. The van der Waals surface area contributed by atoms with Gasteiger partial charge in [0.2, 0.25) is 0 Å². The number of hydrogen-bond donors (Lipinski definition) is 0. The van der Waals surface area contributed by atoms with Crippen molar-refractivity contribution < 1.29 is 19.1 Å². The van der Waals surface area contributed by atoms with Crippen LogP contribution in [-0.2, 0) is 19.1 Å². The van der Waals surface area contributed by atoms with Gasteiger partial charge in [0.15, 0.2) is 0 Å². The molecule has 0 saturated heterocycles. The van der Waals surface area contributed by atoms with E-state index in [-0.39, 0.29) is 24.6 Å². The Labute approximate surface area is 274 Å². The van der Waals surface area contributed by atoms with Gasteiger partial charge in [-0.3, -0.25) is 9.59 Å². The molecular weight excluding hydrogens is 544 g/mol. The lowest BCUT2D eigenvalue weighted by atomic mass is 10.1. The number of allylic oxidation sites excluding steroid dienone is 4. The van der Waals surface area contributed by atoms with E-state index >= 15 is 0 Å². The van der Waals surface area contributed by atoms with Gasteiger partial charge in [0.1, 0.15) is 12.7 Å². The van der Waals surface area contributed by atoms with E-state index in [1.165, 1.54) is 141 Å². The normalized spacial score (nSPS) is 12.3. The third-order valence-electron chi connectivity index (χ3n) is 8.47. The van der Waals surface area contributed by atoms with Gasteiger partial charge in [0.05, 0.1) is 0 Å². The molecule has 4 nitrogen and oxygen atoms in total. The third kappa shape index (κ3) is 33.3. The topological polar surface area (TPSA) is 52.6 Å². The summed E-state index contributed by atoms with van der Waals surface area (Å²) in [5, 5.41) is 0. The highest BCUT2D eigenvalue weighted by molar-refractivity contribution is 5.70. The molecule has 0 aliphatic heterocycles. The van der Waals surface area contributed by atoms with Crippen molar-refractivity contribution in [3.8, 4) is 0 Å². The Bertz CT molecular complexity index is 668. The van der Waals surface area contributed by atoms with Crippen LogP contribution in [0.25, 0.3) is 0 Å². The Balaban J connectivity index is 3.58. The first-order chi connectivity index (χ1) is 21.6.